The van der Waals surface area contributed by atoms with Crippen LogP contribution in [0.5, 0.6) is 0 Å². The van der Waals surface area contributed by atoms with Crippen LogP contribution >= 0.6 is 0 Å². The minimum absolute atomic E-state index is 0.000309. The van der Waals surface area contributed by atoms with Gasteiger partial charge in [-0.2, -0.15) is 4.80 Å². The molecule has 18 heavy (non-hydrogen) atoms. The van der Waals surface area contributed by atoms with Gasteiger partial charge in [-0.15, -0.1) is 5.10 Å². The van der Waals surface area contributed by atoms with E-state index < -0.39 is 0 Å². The van der Waals surface area contributed by atoms with Crippen LogP contribution in [0.3, 0.4) is 0 Å². The molecule has 2 N–H and O–H groups in total. The second-order valence-corrected chi connectivity index (χ2v) is 5.71. The average molecular weight is 254 g/mol. The maximum atomic E-state index is 11.7. The number of carbonyl (C=O) groups excluding carboxylic acids is 1. The number of amides is 2. The lowest BCUT2D eigenvalue weighted by atomic mass is 9.88. The number of aromatic nitrogens is 4. The van der Waals surface area contributed by atoms with E-state index in [0.717, 1.165) is 0 Å². The fourth-order valence-electron chi connectivity index (χ4n) is 1.04. The third-order valence-electron chi connectivity index (χ3n) is 2.76. The van der Waals surface area contributed by atoms with E-state index in [0.29, 0.717) is 0 Å². The monoisotopic (exact) mass is 254 g/mol. The first-order chi connectivity index (χ1) is 8.20. The van der Waals surface area contributed by atoms with Crippen molar-refractivity contribution in [2.45, 2.75) is 53.6 Å². The van der Waals surface area contributed by atoms with Crippen molar-refractivity contribution in [1.82, 2.24) is 25.5 Å². The van der Waals surface area contributed by atoms with Gasteiger partial charge in [0.05, 0.1) is 6.04 Å². The van der Waals surface area contributed by atoms with E-state index in [-0.39, 0.29) is 29.5 Å². The highest BCUT2D eigenvalue weighted by molar-refractivity contribution is 5.87. The van der Waals surface area contributed by atoms with Crippen LogP contribution in [0.2, 0.25) is 0 Å². The summed E-state index contributed by atoms with van der Waals surface area (Å²) in [6.07, 6.45) is 0. The molecule has 7 nitrogen and oxygen atoms in total. The molecule has 1 rings (SSSR count). The molecule has 0 aliphatic rings. The van der Waals surface area contributed by atoms with E-state index in [1.54, 1.807) is 0 Å². The van der Waals surface area contributed by atoms with Gasteiger partial charge >= 0.3 is 6.03 Å². The fourth-order valence-corrected chi connectivity index (χ4v) is 1.04. The molecule has 1 aromatic rings. The molecule has 0 saturated heterocycles. The lowest BCUT2D eigenvalue weighted by molar-refractivity contribution is 0.233. The van der Waals surface area contributed by atoms with Crippen LogP contribution in [0.1, 0.15) is 47.6 Å². The lowest BCUT2D eigenvalue weighted by Crippen LogP contribution is -2.43. The first-order valence-corrected chi connectivity index (χ1v) is 6.07. The largest absolute Gasteiger partial charge is 0.335 e. The number of anilines is 1. The molecule has 7 heteroatoms. The number of urea groups is 1. The highest BCUT2D eigenvalue weighted by Gasteiger charge is 2.22. The van der Waals surface area contributed by atoms with Crippen LogP contribution in [-0.2, 0) is 0 Å². The fraction of sp³-hybridized carbons (Fsp3) is 0.818. The summed E-state index contributed by atoms with van der Waals surface area (Å²) in [5.41, 5.74) is 0.000309. The summed E-state index contributed by atoms with van der Waals surface area (Å²) in [5, 5.41) is 17.0. The lowest BCUT2D eigenvalue weighted by Gasteiger charge is -2.27. The SMILES string of the molecule is CC(C)n1nnc(NC(=O)N[C@H](C)C(C)(C)C)n1. The Balaban J connectivity index is 2.54. The summed E-state index contributed by atoms with van der Waals surface area (Å²) >= 11 is 0. The Hall–Kier alpha value is -1.66. The summed E-state index contributed by atoms with van der Waals surface area (Å²) in [6, 6.07) is -0.164. The van der Waals surface area contributed by atoms with E-state index >= 15 is 0 Å². The van der Waals surface area contributed by atoms with Crippen LogP contribution in [0.4, 0.5) is 10.7 Å². The molecule has 1 atom stereocenters. The molecule has 0 spiro atoms. The van der Waals surface area contributed by atoms with Crippen molar-refractivity contribution in [3.8, 4) is 0 Å². The molecule has 1 aromatic heterocycles. The smallest absolute Gasteiger partial charge is 0.321 e. The molecule has 2 amide bonds. The van der Waals surface area contributed by atoms with Crippen LogP contribution in [0, 0.1) is 5.41 Å². The zero-order chi connectivity index (χ0) is 13.9. The first-order valence-electron chi connectivity index (χ1n) is 6.07. The minimum Gasteiger partial charge on any atom is -0.335 e. The molecule has 0 unspecified atom stereocenters. The van der Waals surface area contributed by atoms with Gasteiger partial charge in [-0.05, 0) is 31.4 Å². The second-order valence-electron chi connectivity index (χ2n) is 5.71. The molecule has 0 aromatic carbocycles. The topological polar surface area (TPSA) is 84.7 Å². The van der Waals surface area contributed by atoms with Crippen LogP contribution in [-0.4, -0.2) is 32.3 Å². The quantitative estimate of drug-likeness (QED) is 0.861. The Morgan fingerprint density at radius 2 is 1.89 bits per heavy atom. The molecular weight excluding hydrogens is 232 g/mol. The number of tetrazole rings is 1. The summed E-state index contributed by atoms with van der Waals surface area (Å²) < 4.78 is 0. The van der Waals surface area contributed by atoms with Crippen molar-refractivity contribution in [3.63, 3.8) is 0 Å². The van der Waals surface area contributed by atoms with Gasteiger partial charge in [0.1, 0.15) is 0 Å². The molecule has 0 fully saturated rings. The number of carbonyl (C=O) groups is 1. The average Bonchev–Trinajstić information content (AvgIpc) is 2.64. The van der Waals surface area contributed by atoms with Crippen molar-refractivity contribution in [1.29, 1.82) is 0 Å². The Kier molecular flexibility index (Phi) is 4.26. The normalized spacial score (nSPS) is 13.5. The van der Waals surface area contributed by atoms with Gasteiger partial charge in [0, 0.05) is 6.04 Å². The van der Waals surface area contributed by atoms with E-state index in [4.69, 9.17) is 0 Å². The first kappa shape index (κ1) is 14.4. The standard InChI is InChI=1S/C11H22N6O/c1-7(2)17-15-9(14-16-17)13-10(18)12-8(3)11(4,5)6/h7-8H,1-6H3,(H2,12,13,15,18)/t8-/m1/s1. The predicted octanol–water partition coefficient (Wildman–Crippen LogP) is 1.81. The van der Waals surface area contributed by atoms with Crippen LogP contribution < -0.4 is 10.6 Å². The number of hydrogen-bond donors (Lipinski definition) is 2. The molecule has 0 saturated carbocycles. The summed E-state index contributed by atoms with van der Waals surface area (Å²) in [7, 11) is 0. The molecule has 1 heterocycles. The van der Waals surface area contributed by atoms with Gasteiger partial charge in [0.15, 0.2) is 0 Å². The maximum absolute atomic E-state index is 11.7. The van der Waals surface area contributed by atoms with Crippen LogP contribution in [0.25, 0.3) is 0 Å². The molecule has 0 bridgehead atoms. The number of rotatable bonds is 3. The summed E-state index contributed by atoms with van der Waals surface area (Å²) in [4.78, 5) is 13.2. The minimum atomic E-state index is -0.319. The Bertz CT molecular complexity index is 406. The highest BCUT2D eigenvalue weighted by atomic mass is 16.2. The van der Waals surface area contributed by atoms with Crippen molar-refractivity contribution in [3.05, 3.63) is 0 Å². The van der Waals surface area contributed by atoms with Gasteiger partial charge in [0.25, 0.3) is 5.95 Å². The van der Waals surface area contributed by atoms with Crippen molar-refractivity contribution >= 4 is 12.0 Å². The second kappa shape index (κ2) is 5.32. The molecule has 0 aliphatic heterocycles. The zero-order valence-electron chi connectivity index (χ0n) is 11.9. The number of nitrogens with one attached hydrogen (secondary N) is 2. The third kappa shape index (κ3) is 3.97. The Morgan fingerprint density at radius 3 is 2.33 bits per heavy atom. The van der Waals surface area contributed by atoms with Crippen LogP contribution in [0.15, 0.2) is 0 Å². The van der Waals surface area contributed by atoms with Crippen molar-refractivity contribution in [2.24, 2.45) is 5.41 Å². The Morgan fingerprint density at radius 1 is 1.28 bits per heavy atom. The number of nitrogens with zero attached hydrogens (tertiary/aromatic N) is 4. The highest BCUT2D eigenvalue weighted by Crippen LogP contribution is 2.18. The zero-order valence-corrected chi connectivity index (χ0v) is 11.9. The summed E-state index contributed by atoms with van der Waals surface area (Å²) in [5.74, 6) is 0.210. The van der Waals surface area contributed by atoms with Crippen molar-refractivity contribution < 1.29 is 4.79 Å². The van der Waals surface area contributed by atoms with E-state index in [9.17, 15) is 4.79 Å². The molecule has 0 aliphatic carbocycles. The van der Waals surface area contributed by atoms with Gasteiger partial charge in [-0.1, -0.05) is 25.9 Å². The molecule has 102 valence electrons. The van der Waals surface area contributed by atoms with Gasteiger partial charge in [-0.3, -0.25) is 5.32 Å². The molecular formula is C11H22N6O. The third-order valence-corrected chi connectivity index (χ3v) is 2.76. The van der Waals surface area contributed by atoms with E-state index in [1.807, 2.05) is 20.8 Å². The maximum Gasteiger partial charge on any atom is 0.321 e. The van der Waals surface area contributed by atoms with Gasteiger partial charge in [0.2, 0.25) is 0 Å². The van der Waals surface area contributed by atoms with E-state index in [2.05, 4.69) is 46.8 Å². The predicted molar refractivity (Wildman–Crippen MR) is 69.3 cm³/mol. The van der Waals surface area contributed by atoms with Crippen molar-refractivity contribution in [2.75, 3.05) is 5.32 Å². The Labute approximate surface area is 107 Å². The molecule has 0 radical (unpaired) electrons. The summed E-state index contributed by atoms with van der Waals surface area (Å²) in [6.45, 7) is 12.0. The van der Waals surface area contributed by atoms with Gasteiger partial charge in [-0.25, -0.2) is 4.79 Å². The number of hydrogen-bond acceptors (Lipinski definition) is 4. The van der Waals surface area contributed by atoms with E-state index in [1.165, 1.54) is 4.80 Å². The van der Waals surface area contributed by atoms with Gasteiger partial charge < -0.3 is 5.32 Å².